The first-order valence-electron chi connectivity index (χ1n) is 8.80. The first-order valence-corrected chi connectivity index (χ1v) is 8.80. The van der Waals surface area contributed by atoms with Crippen LogP contribution in [0.5, 0.6) is 5.75 Å². The summed E-state index contributed by atoms with van der Waals surface area (Å²) in [5.41, 5.74) is 1.19. The molecule has 7 heteroatoms. The van der Waals surface area contributed by atoms with Crippen molar-refractivity contribution in [3.05, 3.63) is 48.3 Å². The van der Waals surface area contributed by atoms with Gasteiger partial charge in [-0.05, 0) is 36.6 Å². The average molecular weight is 356 g/mol. The fraction of sp³-hybridized carbons (Fsp3) is 0.421. The number of carbonyl (C=O) groups excluding carboxylic acids is 1. The van der Waals surface area contributed by atoms with E-state index in [4.69, 9.17) is 9.47 Å². The van der Waals surface area contributed by atoms with Gasteiger partial charge in [0, 0.05) is 25.5 Å². The quantitative estimate of drug-likeness (QED) is 0.757. The SMILES string of the molecule is COc1cccc(CCCNC(=O)C2CN(c3ncccn3)CCO2)c1. The zero-order valence-electron chi connectivity index (χ0n) is 14.9. The Morgan fingerprint density at radius 1 is 1.35 bits per heavy atom. The Kier molecular flexibility index (Phi) is 6.38. The number of nitrogens with one attached hydrogen (secondary N) is 1. The summed E-state index contributed by atoms with van der Waals surface area (Å²) in [6, 6.07) is 9.75. The van der Waals surface area contributed by atoms with Gasteiger partial charge < -0.3 is 19.7 Å². The van der Waals surface area contributed by atoms with E-state index in [2.05, 4.69) is 21.4 Å². The highest BCUT2D eigenvalue weighted by Crippen LogP contribution is 2.14. The van der Waals surface area contributed by atoms with Gasteiger partial charge in [-0.3, -0.25) is 4.79 Å². The van der Waals surface area contributed by atoms with Crippen LogP contribution < -0.4 is 15.0 Å². The van der Waals surface area contributed by atoms with Crippen LogP contribution in [0.4, 0.5) is 5.95 Å². The Balaban J connectivity index is 1.43. The van der Waals surface area contributed by atoms with Crippen molar-refractivity contribution < 1.29 is 14.3 Å². The third-order valence-electron chi connectivity index (χ3n) is 4.27. The molecule has 2 aromatic rings. The van der Waals surface area contributed by atoms with Gasteiger partial charge >= 0.3 is 0 Å². The third-order valence-corrected chi connectivity index (χ3v) is 4.27. The molecule has 138 valence electrons. The number of rotatable bonds is 7. The molecule has 1 amide bonds. The number of carbonyl (C=O) groups is 1. The van der Waals surface area contributed by atoms with E-state index in [9.17, 15) is 4.79 Å². The van der Waals surface area contributed by atoms with Crippen LogP contribution >= 0.6 is 0 Å². The molecule has 0 spiro atoms. The monoisotopic (exact) mass is 356 g/mol. The molecule has 1 saturated heterocycles. The lowest BCUT2D eigenvalue weighted by Crippen LogP contribution is -2.50. The molecule has 0 saturated carbocycles. The standard InChI is InChI=1S/C19H24N4O3/c1-25-16-7-2-5-15(13-16)6-3-8-20-18(24)17-14-23(11-12-26-17)19-21-9-4-10-22-19/h2,4-5,7,9-10,13,17H,3,6,8,11-12,14H2,1H3,(H,20,24). The summed E-state index contributed by atoms with van der Waals surface area (Å²) in [5.74, 6) is 1.40. The Hall–Kier alpha value is -2.67. The zero-order chi connectivity index (χ0) is 18.2. The predicted molar refractivity (Wildman–Crippen MR) is 98.3 cm³/mol. The fourth-order valence-corrected chi connectivity index (χ4v) is 2.89. The summed E-state index contributed by atoms with van der Waals surface area (Å²) in [5, 5.41) is 2.96. The number of aromatic nitrogens is 2. The van der Waals surface area contributed by atoms with Crippen molar-refractivity contribution in [2.75, 3.05) is 38.3 Å². The van der Waals surface area contributed by atoms with E-state index in [0.717, 1.165) is 18.6 Å². The van der Waals surface area contributed by atoms with Crippen molar-refractivity contribution in [3.63, 3.8) is 0 Å². The lowest BCUT2D eigenvalue weighted by atomic mass is 10.1. The van der Waals surface area contributed by atoms with Gasteiger partial charge in [-0.1, -0.05) is 12.1 Å². The number of aryl methyl sites for hydroxylation is 1. The maximum Gasteiger partial charge on any atom is 0.250 e. The van der Waals surface area contributed by atoms with Crippen LogP contribution in [0.15, 0.2) is 42.7 Å². The van der Waals surface area contributed by atoms with Crippen LogP contribution in [0.1, 0.15) is 12.0 Å². The van der Waals surface area contributed by atoms with Crippen molar-refractivity contribution in [1.82, 2.24) is 15.3 Å². The molecule has 0 bridgehead atoms. The number of morpholine rings is 1. The molecule has 1 aromatic carbocycles. The largest absolute Gasteiger partial charge is 0.497 e. The number of methoxy groups -OCH3 is 1. The molecular weight excluding hydrogens is 332 g/mol. The highest BCUT2D eigenvalue weighted by atomic mass is 16.5. The number of benzene rings is 1. The number of amides is 1. The highest BCUT2D eigenvalue weighted by molar-refractivity contribution is 5.81. The van der Waals surface area contributed by atoms with Gasteiger partial charge in [-0.2, -0.15) is 0 Å². The molecule has 1 aromatic heterocycles. The number of nitrogens with zero attached hydrogens (tertiary/aromatic N) is 3. The molecule has 2 heterocycles. The second-order valence-corrected chi connectivity index (χ2v) is 6.10. The number of anilines is 1. The average Bonchev–Trinajstić information content (AvgIpc) is 2.72. The molecule has 1 atom stereocenters. The Bertz CT molecular complexity index is 711. The smallest absolute Gasteiger partial charge is 0.250 e. The molecule has 1 aliphatic heterocycles. The number of hydrogen-bond donors (Lipinski definition) is 1. The summed E-state index contributed by atoms with van der Waals surface area (Å²) in [6.07, 6.45) is 4.64. The Labute approximate surface area is 153 Å². The normalized spacial score (nSPS) is 17.0. The predicted octanol–water partition coefficient (Wildman–Crippen LogP) is 1.44. The van der Waals surface area contributed by atoms with Crippen LogP contribution in [-0.2, 0) is 16.0 Å². The molecule has 1 fully saturated rings. The topological polar surface area (TPSA) is 76.6 Å². The number of hydrogen-bond acceptors (Lipinski definition) is 6. The van der Waals surface area contributed by atoms with Gasteiger partial charge in [0.1, 0.15) is 5.75 Å². The van der Waals surface area contributed by atoms with Gasteiger partial charge in [0.2, 0.25) is 5.95 Å². The number of ether oxygens (including phenoxy) is 2. The molecular formula is C19H24N4O3. The lowest BCUT2D eigenvalue weighted by molar-refractivity contribution is -0.133. The van der Waals surface area contributed by atoms with Crippen molar-refractivity contribution in [3.8, 4) is 5.75 Å². The molecule has 1 aliphatic rings. The summed E-state index contributed by atoms with van der Waals surface area (Å²) >= 11 is 0. The maximum atomic E-state index is 12.4. The van der Waals surface area contributed by atoms with Gasteiger partial charge in [0.25, 0.3) is 5.91 Å². The highest BCUT2D eigenvalue weighted by Gasteiger charge is 2.27. The van der Waals surface area contributed by atoms with E-state index in [1.807, 2.05) is 23.1 Å². The zero-order valence-corrected chi connectivity index (χ0v) is 14.9. The summed E-state index contributed by atoms with van der Waals surface area (Å²) in [4.78, 5) is 22.8. The van der Waals surface area contributed by atoms with Crippen molar-refractivity contribution in [1.29, 1.82) is 0 Å². The van der Waals surface area contributed by atoms with Crippen LogP contribution in [0.2, 0.25) is 0 Å². The van der Waals surface area contributed by atoms with E-state index in [0.29, 0.717) is 32.2 Å². The van der Waals surface area contributed by atoms with Gasteiger partial charge in [-0.25, -0.2) is 9.97 Å². The summed E-state index contributed by atoms with van der Waals surface area (Å²) < 4.78 is 10.8. The molecule has 0 aliphatic carbocycles. The molecule has 0 radical (unpaired) electrons. The van der Waals surface area contributed by atoms with Gasteiger partial charge in [-0.15, -0.1) is 0 Å². The maximum absolute atomic E-state index is 12.4. The molecule has 7 nitrogen and oxygen atoms in total. The van der Waals surface area contributed by atoms with Crippen LogP contribution in [-0.4, -0.2) is 55.3 Å². The van der Waals surface area contributed by atoms with Crippen LogP contribution in [0, 0.1) is 0 Å². The van der Waals surface area contributed by atoms with E-state index in [1.54, 1.807) is 25.6 Å². The fourth-order valence-electron chi connectivity index (χ4n) is 2.89. The van der Waals surface area contributed by atoms with Gasteiger partial charge in [0.05, 0.1) is 20.3 Å². The third kappa shape index (κ3) is 4.92. The van der Waals surface area contributed by atoms with Crippen LogP contribution in [0.25, 0.3) is 0 Å². The van der Waals surface area contributed by atoms with E-state index in [1.165, 1.54) is 5.56 Å². The van der Waals surface area contributed by atoms with E-state index >= 15 is 0 Å². The summed E-state index contributed by atoms with van der Waals surface area (Å²) in [6.45, 7) is 2.24. The minimum absolute atomic E-state index is 0.0868. The minimum Gasteiger partial charge on any atom is -0.497 e. The van der Waals surface area contributed by atoms with E-state index < -0.39 is 6.10 Å². The lowest BCUT2D eigenvalue weighted by Gasteiger charge is -2.32. The van der Waals surface area contributed by atoms with Crippen LogP contribution in [0.3, 0.4) is 0 Å². The second-order valence-electron chi connectivity index (χ2n) is 6.10. The Morgan fingerprint density at radius 2 is 2.19 bits per heavy atom. The summed E-state index contributed by atoms with van der Waals surface area (Å²) in [7, 11) is 1.66. The van der Waals surface area contributed by atoms with Gasteiger partial charge in [0.15, 0.2) is 6.10 Å². The first kappa shape index (κ1) is 18.1. The molecule has 1 unspecified atom stereocenters. The first-order chi connectivity index (χ1) is 12.8. The molecule has 3 rings (SSSR count). The minimum atomic E-state index is -0.496. The van der Waals surface area contributed by atoms with Crippen molar-refractivity contribution in [2.45, 2.75) is 18.9 Å². The van der Waals surface area contributed by atoms with Crippen molar-refractivity contribution >= 4 is 11.9 Å². The Morgan fingerprint density at radius 3 is 3.00 bits per heavy atom. The van der Waals surface area contributed by atoms with Crippen molar-refractivity contribution in [2.24, 2.45) is 0 Å². The molecule has 26 heavy (non-hydrogen) atoms. The second kappa shape index (κ2) is 9.15. The molecule has 1 N–H and O–H groups in total. The van der Waals surface area contributed by atoms with E-state index in [-0.39, 0.29) is 5.91 Å².